The van der Waals surface area contributed by atoms with Crippen LogP contribution in [0.15, 0.2) is 54.6 Å². The quantitative estimate of drug-likeness (QED) is 0.865. The monoisotopic (exact) mass is 240 g/mol. The zero-order valence-corrected chi connectivity index (χ0v) is 10.1. The zero-order chi connectivity index (χ0) is 12.2. The average Bonchev–Trinajstić information content (AvgIpc) is 2.46. The van der Waals surface area contributed by atoms with Crippen molar-refractivity contribution in [3.05, 3.63) is 54.6 Å². The average molecular weight is 240 g/mol. The molecule has 0 radical (unpaired) electrons. The molecule has 1 aliphatic heterocycles. The predicted octanol–water partition coefficient (Wildman–Crippen LogP) is 2.97. The summed E-state index contributed by atoms with van der Waals surface area (Å²) in [6.45, 7) is 1.54. The minimum absolute atomic E-state index is 0.292. The highest BCUT2D eigenvalue weighted by atomic mass is 16.5. The Hall–Kier alpha value is -2.16. The van der Waals surface area contributed by atoms with Gasteiger partial charge in [-0.1, -0.05) is 30.3 Å². The number of rotatable bonds is 3. The van der Waals surface area contributed by atoms with Crippen molar-refractivity contribution in [2.45, 2.75) is 6.04 Å². The molecule has 0 spiro atoms. The first kappa shape index (κ1) is 11.0. The first-order valence-corrected chi connectivity index (χ1v) is 6.19. The maximum atomic E-state index is 5.76. The number of nitrogens with one attached hydrogen (secondary N) is 2. The van der Waals surface area contributed by atoms with Gasteiger partial charge in [-0.15, -0.1) is 0 Å². The third-order valence-electron chi connectivity index (χ3n) is 3.02. The fourth-order valence-corrected chi connectivity index (χ4v) is 2.08. The maximum Gasteiger partial charge on any atom is 0.119 e. The number of anilines is 2. The molecular weight excluding hydrogens is 224 g/mol. The van der Waals surface area contributed by atoms with Crippen molar-refractivity contribution in [2.24, 2.45) is 0 Å². The number of para-hydroxylation sites is 3. The van der Waals surface area contributed by atoms with Gasteiger partial charge in [-0.05, 0) is 24.3 Å². The Morgan fingerprint density at radius 3 is 2.50 bits per heavy atom. The third-order valence-corrected chi connectivity index (χ3v) is 3.02. The Bertz CT molecular complexity index is 513. The van der Waals surface area contributed by atoms with E-state index in [0.717, 1.165) is 23.7 Å². The molecule has 3 rings (SSSR count). The Morgan fingerprint density at radius 2 is 1.67 bits per heavy atom. The van der Waals surface area contributed by atoms with Gasteiger partial charge in [0.05, 0.1) is 17.4 Å². The van der Waals surface area contributed by atoms with Crippen LogP contribution in [0.5, 0.6) is 5.75 Å². The predicted molar refractivity (Wildman–Crippen MR) is 74.3 cm³/mol. The van der Waals surface area contributed by atoms with Gasteiger partial charge in [0.2, 0.25) is 0 Å². The Morgan fingerprint density at radius 1 is 0.944 bits per heavy atom. The molecule has 3 nitrogen and oxygen atoms in total. The molecule has 92 valence electrons. The lowest BCUT2D eigenvalue weighted by Gasteiger charge is -2.28. The van der Waals surface area contributed by atoms with Gasteiger partial charge in [0.1, 0.15) is 12.4 Å². The fourth-order valence-electron chi connectivity index (χ4n) is 2.08. The Kier molecular flexibility index (Phi) is 3.05. The second-order valence-electron chi connectivity index (χ2n) is 4.39. The summed E-state index contributed by atoms with van der Waals surface area (Å²) < 4.78 is 5.76. The lowest BCUT2D eigenvalue weighted by Crippen LogP contribution is -2.37. The Labute approximate surface area is 107 Å². The summed E-state index contributed by atoms with van der Waals surface area (Å²) >= 11 is 0. The van der Waals surface area contributed by atoms with Gasteiger partial charge in [-0.25, -0.2) is 0 Å². The molecule has 1 aliphatic rings. The van der Waals surface area contributed by atoms with Crippen LogP contribution in [-0.4, -0.2) is 19.2 Å². The number of hydrogen-bond acceptors (Lipinski definition) is 3. The summed E-state index contributed by atoms with van der Waals surface area (Å²) in [5.74, 6) is 0.915. The normalized spacial score (nSPS) is 17.2. The van der Waals surface area contributed by atoms with Gasteiger partial charge in [0.25, 0.3) is 0 Å². The van der Waals surface area contributed by atoms with E-state index < -0.39 is 0 Å². The van der Waals surface area contributed by atoms with Crippen LogP contribution in [0, 0.1) is 0 Å². The molecule has 0 saturated heterocycles. The zero-order valence-electron chi connectivity index (χ0n) is 10.1. The van der Waals surface area contributed by atoms with E-state index in [4.69, 9.17) is 4.74 Å². The summed E-state index contributed by atoms with van der Waals surface area (Å²) in [6, 6.07) is 18.4. The highest BCUT2D eigenvalue weighted by Gasteiger charge is 2.16. The van der Waals surface area contributed by atoms with Crippen LogP contribution in [0.2, 0.25) is 0 Å². The second-order valence-corrected chi connectivity index (χ2v) is 4.39. The van der Waals surface area contributed by atoms with Crippen molar-refractivity contribution in [3.63, 3.8) is 0 Å². The highest BCUT2D eigenvalue weighted by molar-refractivity contribution is 5.71. The standard InChI is InChI=1S/C15H16N2O/c1-2-6-13(7-3-1)18-11-12-10-16-14-8-4-5-9-15(14)17-12/h1-9,12,16-17H,10-11H2/t12-/m1/s1. The molecule has 0 aromatic heterocycles. The first-order chi connectivity index (χ1) is 8.92. The summed E-state index contributed by atoms with van der Waals surface area (Å²) in [5, 5.41) is 6.89. The smallest absolute Gasteiger partial charge is 0.119 e. The highest BCUT2D eigenvalue weighted by Crippen LogP contribution is 2.25. The van der Waals surface area contributed by atoms with Crippen molar-refractivity contribution >= 4 is 11.4 Å². The van der Waals surface area contributed by atoms with Crippen LogP contribution in [0.25, 0.3) is 0 Å². The maximum absolute atomic E-state index is 5.76. The minimum Gasteiger partial charge on any atom is -0.491 e. The molecule has 0 saturated carbocycles. The van der Waals surface area contributed by atoms with Crippen LogP contribution < -0.4 is 15.4 Å². The molecule has 0 fully saturated rings. The topological polar surface area (TPSA) is 33.3 Å². The van der Waals surface area contributed by atoms with Crippen LogP contribution in [0.1, 0.15) is 0 Å². The van der Waals surface area contributed by atoms with Gasteiger partial charge < -0.3 is 15.4 Å². The van der Waals surface area contributed by atoms with Gasteiger partial charge >= 0.3 is 0 Å². The molecule has 2 N–H and O–H groups in total. The third kappa shape index (κ3) is 2.40. The number of ether oxygens (including phenoxy) is 1. The molecule has 3 heteroatoms. The second kappa shape index (κ2) is 5.00. The molecule has 1 heterocycles. The van der Waals surface area contributed by atoms with E-state index in [-0.39, 0.29) is 0 Å². The summed E-state index contributed by atoms with van der Waals surface area (Å²) in [5.41, 5.74) is 2.30. The van der Waals surface area contributed by atoms with E-state index in [0.29, 0.717) is 12.6 Å². The first-order valence-electron chi connectivity index (χ1n) is 6.19. The molecule has 0 unspecified atom stereocenters. The van der Waals surface area contributed by atoms with Crippen molar-refractivity contribution in [2.75, 3.05) is 23.8 Å². The number of fused-ring (bicyclic) bond motifs is 1. The lowest BCUT2D eigenvalue weighted by atomic mass is 10.1. The minimum atomic E-state index is 0.292. The van der Waals surface area contributed by atoms with E-state index in [1.807, 2.05) is 42.5 Å². The number of hydrogen-bond donors (Lipinski definition) is 2. The van der Waals surface area contributed by atoms with Crippen LogP contribution in [0.4, 0.5) is 11.4 Å². The van der Waals surface area contributed by atoms with Crippen molar-refractivity contribution in [1.82, 2.24) is 0 Å². The molecule has 0 amide bonds. The van der Waals surface area contributed by atoms with E-state index in [1.165, 1.54) is 0 Å². The summed E-state index contributed by atoms with van der Waals surface area (Å²) in [4.78, 5) is 0. The largest absolute Gasteiger partial charge is 0.491 e. The Balaban J connectivity index is 1.60. The van der Waals surface area contributed by atoms with Crippen LogP contribution in [0.3, 0.4) is 0 Å². The fraction of sp³-hybridized carbons (Fsp3) is 0.200. The van der Waals surface area contributed by atoms with Crippen molar-refractivity contribution in [3.8, 4) is 5.75 Å². The van der Waals surface area contributed by atoms with Crippen molar-refractivity contribution in [1.29, 1.82) is 0 Å². The van der Waals surface area contributed by atoms with Crippen LogP contribution >= 0.6 is 0 Å². The van der Waals surface area contributed by atoms with Gasteiger partial charge in [-0.2, -0.15) is 0 Å². The van der Waals surface area contributed by atoms with Crippen LogP contribution in [-0.2, 0) is 0 Å². The lowest BCUT2D eigenvalue weighted by molar-refractivity contribution is 0.300. The molecule has 0 bridgehead atoms. The van der Waals surface area contributed by atoms with Gasteiger partial charge in [-0.3, -0.25) is 0 Å². The SMILES string of the molecule is c1ccc(OC[C@H]2CNc3ccccc3N2)cc1. The molecule has 2 aromatic carbocycles. The molecule has 0 aliphatic carbocycles. The number of benzene rings is 2. The van der Waals surface area contributed by atoms with Gasteiger partial charge in [0, 0.05) is 6.54 Å². The summed E-state index contributed by atoms with van der Waals surface area (Å²) in [7, 11) is 0. The molecule has 1 atom stereocenters. The van der Waals surface area contributed by atoms with E-state index in [1.54, 1.807) is 0 Å². The molecular formula is C15H16N2O. The van der Waals surface area contributed by atoms with E-state index >= 15 is 0 Å². The van der Waals surface area contributed by atoms with Crippen molar-refractivity contribution < 1.29 is 4.74 Å². The van der Waals surface area contributed by atoms with E-state index in [9.17, 15) is 0 Å². The molecule has 18 heavy (non-hydrogen) atoms. The molecule has 2 aromatic rings. The van der Waals surface area contributed by atoms with Gasteiger partial charge in [0.15, 0.2) is 0 Å². The van der Waals surface area contributed by atoms with E-state index in [2.05, 4.69) is 22.8 Å². The summed E-state index contributed by atoms with van der Waals surface area (Å²) in [6.07, 6.45) is 0.